The smallest absolute Gasteiger partial charge is 0.224 e. The topological polar surface area (TPSA) is 62.3 Å². The second-order valence-electron chi connectivity index (χ2n) is 6.26. The molecule has 130 valence electrons. The normalized spacial score (nSPS) is 11.0. The SMILES string of the molecule is Cc1cc(Nc2ccc(OC(C)C)cc2)nc(NCCN(C)C)n1. The van der Waals surface area contributed by atoms with Crippen molar-refractivity contribution in [2.24, 2.45) is 0 Å². The maximum Gasteiger partial charge on any atom is 0.224 e. The Morgan fingerprint density at radius 3 is 2.46 bits per heavy atom. The van der Waals surface area contributed by atoms with Crippen molar-refractivity contribution in [2.75, 3.05) is 37.8 Å². The fourth-order valence-electron chi connectivity index (χ4n) is 2.14. The molecule has 24 heavy (non-hydrogen) atoms. The van der Waals surface area contributed by atoms with Crippen molar-refractivity contribution >= 4 is 17.5 Å². The molecule has 0 saturated heterocycles. The number of likely N-dealkylation sites (N-methyl/N-ethyl adjacent to an activating group) is 1. The lowest BCUT2D eigenvalue weighted by Gasteiger charge is -2.13. The Balaban J connectivity index is 2.02. The van der Waals surface area contributed by atoms with E-state index in [9.17, 15) is 0 Å². The molecule has 1 aromatic carbocycles. The fraction of sp³-hybridized carbons (Fsp3) is 0.444. The number of aryl methyl sites for hydroxylation is 1. The van der Waals surface area contributed by atoms with Gasteiger partial charge in [0.1, 0.15) is 11.6 Å². The maximum atomic E-state index is 5.65. The van der Waals surface area contributed by atoms with Gasteiger partial charge in [0.15, 0.2) is 0 Å². The van der Waals surface area contributed by atoms with Crippen LogP contribution in [0.4, 0.5) is 17.5 Å². The van der Waals surface area contributed by atoms with E-state index < -0.39 is 0 Å². The molecule has 0 amide bonds. The van der Waals surface area contributed by atoms with Crippen LogP contribution < -0.4 is 15.4 Å². The molecule has 0 fully saturated rings. The summed E-state index contributed by atoms with van der Waals surface area (Å²) in [5.74, 6) is 2.27. The summed E-state index contributed by atoms with van der Waals surface area (Å²) in [5.41, 5.74) is 1.88. The number of benzene rings is 1. The molecule has 0 aliphatic carbocycles. The Labute approximate surface area is 144 Å². The average Bonchev–Trinajstić information content (AvgIpc) is 2.48. The first-order chi connectivity index (χ1) is 11.4. The van der Waals surface area contributed by atoms with Gasteiger partial charge in [-0.15, -0.1) is 0 Å². The van der Waals surface area contributed by atoms with E-state index in [1.54, 1.807) is 0 Å². The highest BCUT2D eigenvalue weighted by Gasteiger charge is 2.04. The van der Waals surface area contributed by atoms with Crippen molar-refractivity contribution in [3.8, 4) is 5.75 Å². The molecule has 1 aromatic heterocycles. The van der Waals surface area contributed by atoms with Crippen molar-refractivity contribution in [3.63, 3.8) is 0 Å². The van der Waals surface area contributed by atoms with Gasteiger partial charge in [0.2, 0.25) is 5.95 Å². The lowest BCUT2D eigenvalue weighted by molar-refractivity contribution is 0.242. The van der Waals surface area contributed by atoms with Crippen LogP contribution in [0.3, 0.4) is 0 Å². The number of anilines is 3. The summed E-state index contributed by atoms with van der Waals surface area (Å²) in [4.78, 5) is 11.0. The van der Waals surface area contributed by atoms with Gasteiger partial charge in [0, 0.05) is 30.5 Å². The van der Waals surface area contributed by atoms with E-state index in [0.717, 1.165) is 36.0 Å². The van der Waals surface area contributed by atoms with E-state index in [1.165, 1.54) is 0 Å². The minimum atomic E-state index is 0.170. The first-order valence-corrected chi connectivity index (χ1v) is 8.20. The van der Waals surface area contributed by atoms with Crippen LogP contribution in [0.15, 0.2) is 30.3 Å². The molecule has 0 spiro atoms. The number of nitrogens with zero attached hydrogens (tertiary/aromatic N) is 3. The molecule has 1 heterocycles. The average molecular weight is 329 g/mol. The Morgan fingerprint density at radius 2 is 1.83 bits per heavy atom. The van der Waals surface area contributed by atoms with Crippen molar-refractivity contribution in [1.29, 1.82) is 0 Å². The van der Waals surface area contributed by atoms with E-state index >= 15 is 0 Å². The molecule has 2 aromatic rings. The third-order valence-electron chi connectivity index (χ3n) is 3.19. The Hall–Kier alpha value is -2.34. The summed E-state index contributed by atoms with van der Waals surface area (Å²) < 4.78 is 5.65. The quantitative estimate of drug-likeness (QED) is 0.775. The molecule has 6 heteroatoms. The minimum absolute atomic E-state index is 0.170. The Bertz CT molecular complexity index is 640. The van der Waals surface area contributed by atoms with Gasteiger partial charge in [-0.25, -0.2) is 4.98 Å². The first kappa shape index (κ1) is 18.0. The standard InChI is InChI=1S/C18H27N5O/c1-13(2)24-16-8-6-15(7-9-16)21-17-12-14(3)20-18(22-17)19-10-11-23(4)5/h6-9,12-13H,10-11H2,1-5H3,(H2,19,20,21,22). The van der Waals surface area contributed by atoms with Crippen LogP contribution in [0.2, 0.25) is 0 Å². The third-order valence-corrected chi connectivity index (χ3v) is 3.19. The first-order valence-electron chi connectivity index (χ1n) is 8.20. The molecule has 0 aliphatic heterocycles. The van der Waals surface area contributed by atoms with E-state index in [0.29, 0.717) is 5.95 Å². The zero-order valence-corrected chi connectivity index (χ0v) is 15.1. The van der Waals surface area contributed by atoms with E-state index in [1.807, 2.05) is 65.2 Å². The lowest BCUT2D eigenvalue weighted by Crippen LogP contribution is -2.21. The molecule has 0 atom stereocenters. The summed E-state index contributed by atoms with van der Waals surface area (Å²) in [6.07, 6.45) is 0.170. The fourth-order valence-corrected chi connectivity index (χ4v) is 2.14. The second kappa shape index (κ2) is 8.49. The number of hydrogen-bond acceptors (Lipinski definition) is 6. The predicted octanol–water partition coefficient (Wildman–Crippen LogP) is 3.29. The van der Waals surface area contributed by atoms with Gasteiger partial charge in [-0.1, -0.05) is 0 Å². The van der Waals surface area contributed by atoms with Gasteiger partial charge in [0.25, 0.3) is 0 Å². The zero-order valence-electron chi connectivity index (χ0n) is 15.1. The van der Waals surface area contributed by atoms with Crippen LogP contribution in [-0.4, -0.2) is 48.2 Å². The summed E-state index contributed by atoms with van der Waals surface area (Å²) in [5, 5.41) is 6.56. The highest BCUT2D eigenvalue weighted by atomic mass is 16.5. The monoisotopic (exact) mass is 329 g/mol. The van der Waals surface area contributed by atoms with E-state index in [2.05, 4.69) is 25.5 Å². The molecule has 0 bridgehead atoms. The number of nitrogens with one attached hydrogen (secondary N) is 2. The Morgan fingerprint density at radius 1 is 1.12 bits per heavy atom. The third kappa shape index (κ3) is 6.04. The highest BCUT2D eigenvalue weighted by molar-refractivity contribution is 5.58. The summed E-state index contributed by atoms with van der Waals surface area (Å²) >= 11 is 0. The summed E-state index contributed by atoms with van der Waals surface area (Å²) in [6.45, 7) is 7.72. The van der Waals surface area contributed by atoms with Crippen LogP contribution in [0.25, 0.3) is 0 Å². The lowest BCUT2D eigenvalue weighted by atomic mass is 10.3. The molecule has 0 saturated carbocycles. The van der Waals surface area contributed by atoms with Gasteiger partial charge >= 0.3 is 0 Å². The molecular formula is C18H27N5O. The largest absolute Gasteiger partial charge is 0.491 e. The van der Waals surface area contributed by atoms with Crippen LogP contribution in [0.5, 0.6) is 5.75 Å². The second-order valence-corrected chi connectivity index (χ2v) is 6.26. The van der Waals surface area contributed by atoms with E-state index in [4.69, 9.17) is 4.74 Å². The number of hydrogen-bond donors (Lipinski definition) is 2. The molecular weight excluding hydrogens is 302 g/mol. The van der Waals surface area contributed by atoms with Crippen LogP contribution in [0.1, 0.15) is 19.5 Å². The van der Waals surface area contributed by atoms with Crippen molar-refractivity contribution in [1.82, 2.24) is 14.9 Å². The number of aromatic nitrogens is 2. The molecule has 0 aliphatic rings. The number of ether oxygens (including phenoxy) is 1. The van der Waals surface area contributed by atoms with E-state index in [-0.39, 0.29) is 6.10 Å². The van der Waals surface area contributed by atoms with Gasteiger partial charge < -0.3 is 20.3 Å². The van der Waals surface area contributed by atoms with Crippen molar-refractivity contribution in [3.05, 3.63) is 36.0 Å². The number of rotatable bonds is 8. The predicted molar refractivity (Wildman–Crippen MR) is 99.3 cm³/mol. The Kier molecular flexibility index (Phi) is 6.37. The van der Waals surface area contributed by atoms with Gasteiger partial charge in [-0.2, -0.15) is 4.98 Å². The molecule has 2 N–H and O–H groups in total. The van der Waals surface area contributed by atoms with Crippen LogP contribution >= 0.6 is 0 Å². The minimum Gasteiger partial charge on any atom is -0.491 e. The van der Waals surface area contributed by atoms with Gasteiger partial charge in [0.05, 0.1) is 6.10 Å². The summed E-state index contributed by atoms with van der Waals surface area (Å²) in [7, 11) is 4.08. The van der Waals surface area contributed by atoms with Gasteiger partial charge in [-0.3, -0.25) is 0 Å². The zero-order chi connectivity index (χ0) is 17.5. The summed E-state index contributed by atoms with van der Waals surface area (Å²) in [6, 6.07) is 9.79. The van der Waals surface area contributed by atoms with Crippen LogP contribution in [-0.2, 0) is 0 Å². The highest BCUT2D eigenvalue weighted by Crippen LogP contribution is 2.20. The van der Waals surface area contributed by atoms with Crippen molar-refractivity contribution < 1.29 is 4.74 Å². The molecule has 0 radical (unpaired) electrons. The van der Waals surface area contributed by atoms with Crippen molar-refractivity contribution in [2.45, 2.75) is 26.9 Å². The van der Waals surface area contributed by atoms with Gasteiger partial charge in [-0.05, 0) is 59.1 Å². The molecule has 0 unspecified atom stereocenters. The molecule has 6 nitrogen and oxygen atoms in total. The maximum absolute atomic E-state index is 5.65. The van der Waals surface area contributed by atoms with Crippen LogP contribution in [0, 0.1) is 6.92 Å². The molecule has 2 rings (SSSR count).